The van der Waals surface area contributed by atoms with Gasteiger partial charge in [-0.05, 0) is 37.3 Å². The van der Waals surface area contributed by atoms with Gasteiger partial charge in [0.2, 0.25) is 0 Å². The highest BCUT2D eigenvalue weighted by Gasteiger charge is 2.26. The molecular weight excluding hydrogens is 272 g/mol. The van der Waals surface area contributed by atoms with Gasteiger partial charge in [-0.1, -0.05) is 6.92 Å². The molecule has 0 amide bonds. The molecule has 0 aliphatic carbocycles. The fourth-order valence-electron chi connectivity index (χ4n) is 2.37. The highest BCUT2D eigenvalue weighted by atomic mass is 32.1. The zero-order valence-corrected chi connectivity index (χ0v) is 13.2. The first-order valence-electron chi connectivity index (χ1n) is 6.77. The van der Waals surface area contributed by atoms with Crippen LogP contribution in [-0.2, 0) is 6.42 Å². The van der Waals surface area contributed by atoms with Crippen molar-refractivity contribution in [2.75, 3.05) is 7.11 Å². The third kappa shape index (κ3) is 2.59. The smallest absolute Gasteiger partial charge is 0.162 e. The topological polar surface area (TPSA) is 65.1 Å². The SMILES string of the molecule is CCc1ccsc1C(NN)c1c(OC)cnn1C(C)C. The molecule has 6 heteroatoms. The Balaban J connectivity index is 2.54. The van der Waals surface area contributed by atoms with Gasteiger partial charge in [-0.25, -0.2) is 5.43 Å². The Labute approximate surface area is 123 Å². The summed E-state index contributed by atoms with van der Waals surface area (Å²) in [4.78, 5) is 1.22. The Kier molecular flexibility index (Phi) is 4.80. The predicted molar refractivity (Wildman–Crippen MR) is 82.0 cm³/mol. The number of ether oxygens (including phenoxy) is 1. The molecule has 0 fully saturated rings. The van der Waals surface area contributed by atoms with Crippen molar-refractivity contribution in [1.29, 1.82) is 0 Å². The summed E-state index contributed by atoms with van der Waals surface area (Å²) >= 11 is 1.71. The number of rotatable bonds is 6. The molecule has 0 aromatic carbocycles. The highest BCUT2D eigenvalue weighted by Crippen LogP contribution is 2.35. The summed E-state index contributed by atoms with van der Waals surface area (Å²) in [6, 6.07) is 2.28. The minimum atomic E-state index is -0.107. The second-order valence-corrected chi connectivity index (χ2v) is 5.85. The second kappa shape index (κ2) is 6.39. The molecule has 5 nitrogen and oxygen atoms in total. The highest BCUT2D eigenvalue weighted by molar-refractivity contribution is 7.10. The molecule has 0 saturated heterocycles. The van der Waals surface area contributed by atoms with Crippen LogP contribution in [-0.4, -0.2) is 16.9 Å². The van der Waals surface area contributed by atoms with E-state index in [1.807, 2.05) is 4.68 Å². The molecule has 2 rings (SSSR count). The van der Waals surface area contributed by atoms with Crippen molar-refractivity contribution in [2.45, 2.75) is 39.3 Å². The summed E-state index contributed by atoms with van der Waals surface area (Å²) in [6.07, 6.45) is 2.73. The van der Waals surface area contributed by atoms with Crippen molar-refractivity contribution in [3.63, 3.8) is 0 Å². The molecule has 2 heterocycles. The maximum absolute atomic E-state index is 5.83. The molecule has 0 saturated carbocycles. The number of aryl methyl sites for hydroxylation is 1. The van der Waals surface area contributed by atoms with Gasteiger partial charge in [0.25, 0.3) is 0 Å². The summed E-state index contributed by atoms with van der Waals surface area (Å²) in [5.41, 5.74) is 5.20. The van der Waals surface area contributed by atoms with Gasteiger partial charge in [-0.3, -0.25) is 10.5 Å². The van der Waals surface area contributed by atoms with E-state index < -0.39 is 0 Å². The van der Waals surface area contributed by atoms with E-state index >= 15 is 0 Å². The number of nitrogens with one attached hydrogen (secondary N) is 1. The lowest BCUT2D eigenvalue weighted by Gasteiger charge is -2.21. The minimum Gasteiger partial charge on any atom is -0.493 e. The first-order chi connectivity index (χ1) is 9.63. The van der Waals surface area contributed by atoms with Crippen LogP contribution in [0.25, 0.3) is 0 Å². The molecule has 0 spiro atoms. The Morgan fingerprint density at radius 3 is 2.80 bits per heavy atom. The Hall–Kier alpha value is -1.37. The maximum atomic E-state index is 5.83. The number of aromatic nitrogens is 2. The van der Waals surface area contributed by atoms with Gasteiger partial charge in [-0.15, -0.1) is 11.3 Å². The molecule has 110 valence electrons. The molecule has 0 bridgehead atoms. The Morgan fingerprint density at radius 2 is 2.25 bits per heavy atom. The zero-order chi connectivity index (χ0) is 14.7. The summed E-state index contributed by atoms with van der Waals surface area (Å²) in [5.74, 6) is 6.59. The van der Waals surface area contributed by atoms with Crippen LogP contribution in [0.15, 0.2) is 17.6 Å². The number of nitrogens with zero attached hydrogens (tertiary/aromatic N) is 2. The van der Waals surface area contributed by atoms with Crippen LogP contribution < -0.4 is 16.0 Å². The number of hydrazine groups is 1. The monoisotopic (exact) mass is 294 g/mol. The largest absolute Gasteiger partial charge is 0.493 e. The number of nitrogens with two attached hydrogens (primary N) is 1. The van der Waals surface area contributed by atoms with Crippen LogP contribution in [0.4, 0.5) is 0 Å². The van der Waals surface area contributed by atoms with Crippen molar-refractivity contribution in [2.24, 2.45) is 5.84 Å². The van der Waals surface area contributed by atoms with Crippen molar-refractivity contribution < 1.29 is 4.74 Å². The molecule has 2 aromatic rings. The summed E-state index contributed by atoms with van der Waals surface area (Å²) in [6.45, 7) is 6.34. The van der Waals surface area contributed by atoms with E-state index in [0.717, 1.165) is 17.9 Å². The van der Waals surface area contributed by atoms with E-state index in [9.17, 15) is 0 Å². The minimum absolute atomic E-state index is 0.107. The van der Waals surface area contributed by atoms with Gasteiger partial charge in [0.15, 0.2) is 5.75 Å². The lowest BCUT2D eigenvalue weighted by molar-refractivity contribution is 0.394. The lowest BCUT2D eigenvalue weighted by Crippen LogP contribution is -2.31. The lowest BCUT2D eigenvalue weighted by atomic mass is 10.1. The standard InChI is InChI=1S/C14H22N4OS/c1-5-10-6-7-20-14(10)12(17-15)13-11(19-4)8-16-18(13)9(2)3/h6-9,12,17H,5,15H2,1-4H3. The van der Waals surface area contributed by atoms with Gasteiger partial charge in [0, 0.05) is 10.9 Å². The van der Waals surface area contributed by atoms with E-state index in [1.54, 1.807) is 24.6 Å². The van der Waals surface area contributed by atoms with Crippen LogP contribution in [0.1, 0.15) is 49.0 Å². The molecule has 1 atom stereocenters. The van der Waals surface area contributed by atoms with Crippen LogP contribution in [0, 0.1) is 0 Å². The van der Waals surface area contributed by atoms with E-state index in [-0.39, 0.29) is 12.1 Å². The second-order valence-electron chi connectivity index (χ2n) is 4.90. The van der Waals surface area contributed by atoms with Crippen molar-refractivity contribution in [1.82, 2.24) is 15.2 Å². The number of methoxy groups -OCH3 is 1. The summed E-state index contributed by atoms with van der Waals surface area (Å²) in [5, 5.41) is 6.52. The molecule has 0 radical (unpaired) electrons. The normalized spacial score (nSPS) is 12.9. The third-order valence-electron chi connectivity index (χ3n) is 3.37. The molecule has 3 N–H and O–H groups in total. The molecular formula is C14H22N4OS. The van der Waals surface area contributed by atoms with E-state index in [4.69, 9.17) is 10.6 Å². The van der Waals surface area contributed by atoms with Gasteiger partial charge in [0.05, 0.1) is 13.3 Å². The van der Waals surface area contributed by atoms with Crippen LogP contribution in [0.5, 0.6) is 5.75 Å². The van der Waals surface area contributed by atoms with Gasteiger partial charge >= 0.3 is 0 Å². The average molecular weight is 294 g/mol. The van der Waals surface area contributed by atoms with Gasteiger partial charge in [0.1, 0.15) is 11.7 Å². The molecule has 2 aromatic heterocycles. The van der Waals surface area contributed by atoms with Crippen molar-refractivity contribution >= 4 is 11.3 Å². The molecule has 0 aliphatic rings. The Morgan fingerprint density at radius 1 is 1.50 bits per heavy atom. The summed E-state index contributed by atoms with van der Waals surface area (Å²) < 4.78 is 7.42. The molecule has 0 aliphatic heterocycles. The average Bonchev–Trinajstić information content (AvgIpc) is 3.06. The fourth-order valence-corrected chi connectivity index (χ4v) is 3.43. The first-order valence-corrected chi connectivity index (χ1v) is 7.65. The van der Waals surface area contributed by atoms with Crippen molar-refractivity contribution in [3.05, 3.63) is 33.8 Å². The molecule has 1 unspecified atom stereocenters. The molecule has 20 heavy (non-hydrogen) atoms. The quantitative estimate of drug-likeness (QED) is 0.635. The maximum Gasteiger partial charge on any atom is 0.162 e. The number of hydrogen-bond acceptors (Lipinski definition) is 5. The third-order valence-corrected chi connectivity index (χ3v) is 4.40. The predicted octanol–water partition coefficient (Wildman–Crippen LogP) is 2.65. The van der Waals surface area contributed by atoms with Gasteiger partial charge < -0.3 is 4.74 Å². The Bertz CT molecular complexity index is 561. The van der Waals surface area contributed by atoms with E-state index in [0.29, 0.717) is 0 Å². The first kappa shape index (κ1) is 15.0. The van der Waals surface area contributed by atoms with Crippen LogP contribution >= 0.6 is 11.3 Å². The van der Waals surface area contributed by atoms with E-state index in [2.05, 4.69) is 42.7 Å². The number of thiophene rings is 1. The van der Waals surface area contributed by atoms with Crippen molar-refractivity contribution in [3.8, 4) is 5.75 Å². The summed E-state index contributed by atoms with van der Waals surface area (Å²) in [7, 11) is 1.66. The van der Waals surface area contributed by atoms with Crippen LogP contribution in [0.2, 0.25) is 0 Å². The fraction of sp³-hybridized carbons (Fsp3) is 0.500. The van der Waals surface area contributed by atoms with Gasteiger partial charge in [-0.2, -0.15) is 5.10 Å². The zero-order valence-electron chi connectivity index (χ0n) is 12.4. The number of hydrogen-bond donors (Lipinski definition) is 2. The van der Waals surface area contributed by atoms with E-state index in [1.165, 1.54) is 10.4 Å². The van der Waals surface area contributed by atoms with Crippen LogP contribution in [0.3, 0.4) is 0 Å².